The second-order valence-corrected chi connectivity index (χ2v) is 2.40. The van der Waals surface area contributed by atoms with Crippen LogP contribution < -0.4 is 5.32 Å². The third-order valence-corrected chi connectivity index (χ3v) is 1.40. The molecule has 0 aliphatic rings. The molecule has 0 spiro atoms. The van der Waals surface area contributed by atoms with E-state index in [4.69, 9.17) is 0 Å². The predicted octanol–water partition coefficient (Wildman–Crippen LogP) is 2.67. The Bertz CT molecular complexity index is 210. The molecule has 0 aliphatic carbocycles. The van der Waals surface area contributed by atoms with Gasteiger partial charge in [-0.3, -0.25) is 0 Å². The number of anilines is 1. The van der Waals surface area contributed by atoms with Crippen molar-refractivity contribution in [1.82, 2.24) is 0 Å². The van der Waals surface area contributed by atoms with Crippen LogP contribution in [0.25, 0.3) is 0 Å². The van der Waals surface area contributed by atoms with Crippen molar-refractivity contribution in [2.24, 2.45) is 0 Å². The molecule has 0 amide bonds. The minimum Gasteiger partial charge on any atom is -0.385 e. The molecule has 1 heteroatoms. The van der Waals surface area contributed by atoms with Crippen LogP contribution in [0.15, 0.2) is 24.3 Å². The van der Waals surface area contributed by atoms with E-state index in [1.54, 1.807) is 0 Å². The Kier molecular flexibility index (Phi) is 2.32. The van der Waals surface area contributed by atoms with Crippen molar-refractivity contribution in [3.63, 3.8) is 0 Å². The Morgan fingerprint density at radius 3 is 2.90 bits per heavy atom. The normalized spacial score (nSPS) is 9.40. The van der Waals surface area contributed by atoms with Crippen LogP contribution in [-0.2, 0) is 0 Å². The van der Waals surface area contributed by atoms with Crippen LogP contribution in [0.1, 0.15) is 13.9 Å². The second kappa shape index (κ2) is 3.25. The summed E-state index contributed by atoms with van der Waals surface area (Å²) < 4.78 is 0. The number of hydrogen-bond donors (Lipinski definition) is 1. The van der Waals surface area contributed by atoms with Crippen LogP contribution in [0.4, 0.5) is 5.69 Å². The first-order valence-electron chi connectivity index (χ1n) is 3.63. The zero-order valence-electron chi connectivity index (χ0n) is 6.52. The molecule has 0 saturated heterocycles. The molecule has 0 fully saturated rings. The maximum atomic E-state index is 3.25. The molecule has 0 unspecified atom stereocenters. The molecule has 0 radical (unpaired) electrons. The van der Waals surface area contributed by atoms with E-state index in [9.17, 15) is 0 Å². The molecular weight excluding hydrogens is 122 g/mol. The molecule has 1 nitrogen and oxygen atoms in total. The maximum absolute atomic E-state index is 3.25. The van der Waals surface area contributed by atoms with E-state index in [-0.39, 0.29) is 1.43 Å². The Labute approximate surface area is 63.6 Å². The molecule has 1 rings (SSSR count). The summed E-state index contributed by atoms with van der Waals surface area (Å²) >= 11 is 0. The monoisotopic (exact) mass is 137 g/mol. The minimum absolute atomic E-state index is 0. The van der Waals surface area contributed by atoms with Gasteiger partial charge in [0.2, 0.25) is 0 Å². The first-order valence-corrected chi connectivity index (χ1v) is 3.63. The zero-order chi connectivity index (χ0) is 7.40. The van der Waals surface area contributed by atoms with Gasteiger partial charge in [0.15, 0.2) is 0 Å². The standard InChI is InChI=1S/C9H13N.H2/c1-3-10-9-6-4-5-8(2)7-9;/h4-7,10H,3H2,1-2H3;1H. The quantitative estimate of drug-likeness (QED) is 0.660. The largest absolute Gasteiger partial charge is 0.385 e. The Morgan fingerprint density at radius 2 is 2.30 bits per heavy atom. The second-order valence-electron chi connectivity index (χ2n) is 2.40. The average Bonchev–Trinajstić information content (AvgIpc) is 1.88. The number of benzene rings is 1. The lowest BCUT2D eigenvalue weighted by molar-refractivity contribution is 1.21. The lowest BCUT2D eigenvalue weighted by Crippen LogP contribution is -1.95. The molecule has 0 atom stereocenters. The fourth-order valence-electron chi connectivity index (χ4n) is 0.959. The van der Waals surface area contributed by atoms with E-state index >= 15 is 0 Å². The summed E-state index contributed by atoms with van der Waals surface area (Å²) in [4.78, 5) is 0. The summed E-state index contributed by atoms with van der Waals surface area (Å²) in [5.74, 6) is 0. The molecule has 0 heterocycles. The summed E-state index contributed by atoms with van der Waals surface area (Å²) in [7, 11) is 0. The maximum Gasteiger partial charge on any atom is 0.0342 e. The third kappa shape index (κ3) is 1.76. The number of rotatable bonds is 2. The van der Waals surface area contributed by atoms with Gasteiger partial charge in [0.1, 0.15) is 0 Å². The van der Waals surface area contributed by atoms with Crippen molar-refractivity contribution >= 4 is 5.69 Å². The number of nitrogens with one attached hydrogen (secondary N) is 1. The number of aryl methyl sites for hydroxylation is 1. The lowest BCUT2D eigenvalue weighted by atomic mass is 10.2. The lowest BCUT2D eigenvalue weighted by Gasteiger charge is -2.02. The van der Waals surface area contributed by atoms with Crippen molar-refractivity contribution in [3.05, 3.63) is 29.8 Å². The van der Waals surface area contributed by atoms with Crippen molar-refractivity contribution < 1.29 is 1.43 Å². The van der Waals surface area contributed by atoms with E-state index in [0.29, 0.717) is 0 Å². The molecule has 1 N–H and O–H groups in total. The van der Waals surface area contributed by atoms with E-state index in [2.05, 4.69) is 43.4 Å². The molecule has 0 aliphatic heterocycles. The van der Waals surface area contributed by atoms with Gasteiger partial charge in [-0.2, -0.15) is 0 Å². The molecule has 0 aromatic heterocycles. The molecular formula is C9H15N. The fraction of sp³-hybridized carbons (Fsp3) is 0.333. The van der Waals surface area contributed by atoms with E-state index in [1.165, 1.54) is 11.3 Å². The smallest absolute Gasteiger partial charge is 0.0342 e. The highest BCUT2D eigenvalue weighted by Crippen LogP contribution is 2.08. The third-order valence-electron chi connectivity index (χ3n) is 1.40. The zero-order valence-corrected chi connectivity index (χ0v) is 6.52. The van der Waals surface area contributed by atoms with Gasteiger partial charge in [-0.15, -0.1) is 0 Å². The number of hydrogen-bond acceptors (Lipinski definition) is 1. The predicted molar refractivity (Wildman–Crippen MR) is 47.5 cm³/mol. The van der Waals surface area contributed by atoms with Gasteiger partial charge in [-0.25, -0.2) is 0 Å². The summed E-state index contributed by atoms with van der Waals surface area (Å²) in [6.45, 7) is 5.19. The highest BCUT2D eigenvalue weighted by atomic mass is 14.8. The Morgan fingerprint density at radius 1 is 1.50 bits per heavy atom. The highest BCUT2D eigenvalue weighted by Gasteiger charge is 1.87. The molecule has 1 aromatic rings. The van der Waals surface area contributed by atoms with Crippen LogP contribution >= 0.6 is 0 Å². The van der Waals surface area contributed by atoms with Crippen LogP contribution in [0, 0.1) is 6.92 Å². The SMILES string of the molecule is CCNc1cccc(C)c1.[HH]. The molecule has 0 bridgehead atoms. The van der Waals surface area contributed by atoms with Crippen molar-refractivity contribution in [3.8, 4) is 0 Å². The summed E-state index contributed by atoms with van der Waals surface area (Å²) in [6.07, 6.45) is 0. The van der Waals surface area contributed by atoms with Gasteiger partial charge >= 0.3 is 0 Å². The summed E-state index contributed by atoms with van der Waals surface area (Å²) in [5.41, 5.74) is 2.51. The van der Waals surface area contributed by atoms with Crippen molar-refractivity contribution in [1.29, 1.82) is 0 Å². The van der Waals surface area contributed by atoms with Crippen LogP contribution in [0.5, 0.6) is 0 Å². The highest BCUT2D eigenvalue weighted by molar-refractivity contribution is 5.45. The van der Waals surface area contributed by atoms with E-state index < -0.39 is 0 Å². The van der Waals surface area contributed by atoms with E-state index in [1.807, 2.05) is 0 Å². The molecule has 56 valence electrons. The van der Waals surface area contributed by atoms with Crippen molar-refractivity contribution in [2.45, 2.75) is 13.8 Å². The molecule has 1 aromatic carbocycles. The van der Waals surface area contributed by atoms with Gasteiger partial charge in [0.05, 0.1) is 0 Å². The summed E-state index contributed by atoms with van der Waals surface area (Å²) in [5, 5.41) is 3.25. The topological polar surface area (TPSA) is 12.0 Å². The van der Waals surface area contributed by atoms with Crippen LogP contribution in [0.2, 0.25) is 0 Å². The first-order chi connectivity index (χ1) is 4.83. The van der Waals surface area contributed by atoms with Crippen LogP contribution in [-0.4, -0.2) is 6.54 Å². The molecule has 10 heavy (non-hydrogen) atoms. The Balaban J connectivity index is 0.000001000. The fourth-order valence-corrected chi connectivity index (χ4v) is 0.959. The first kappa shape index (κ1) is 7.13. The van der Waals surface area contributed by atoms with Gasteiger partial charge in [0, 0.05) is 13.7 Å². The van der Waals surface area contributed by atoms with E-state index in [0.717, 1.165) is 6.54 Å². The minimum atomic E-state index is 0. The van der Waals surface area contributed by atoms with Crippen molar-refractivity contribution in [2.75, 3.05) is 11.9 Å². The average molecular weight is 137 g/mol. The van der Waals surface area contributed by atoms with Gasteiger partial charge in [-0.1, -0.05) is 12.1 Å². The Hall–Kier alpha value is -0.980. The molecule has 0 saturated carbocycles. The van der Waals surface area contributed by atoms with Gasteiger partial charge in [0.25, 0.3) is 0 Å². The summed E-state index contributed by atoms with van der Waals surface area (Å²) in [6, 6.07) is 8.38. The van der Waals surface area contributed by atoms with Gasteiger partial charge < -0.3 is 5.32 Å². The van der Waals surface area contributed by atoms with Gasteiger partial charge in [-0.05, 0) is 31.5 Å². The van der Waals surface area contributed by atoms with Crippen LogP contribution in [0.3, 0.4) is 0 Å².